The summed E-state index contributed by atoms with van der Waals surface area (Å²) in [5, 5.41) is 2.53. The van der Waals surface area contributed by atoms with Crippen molar-refractivity contribution < 1.29 is 0 Å². The maximum Gasteiger partial charge on any atom is 0.0541 e. The van der Waals surface area contributed by atoms with Crippen LogP contribution in [0, 0.1) is 13.8 Å². The van der Waals surface area contributed by atoms with Crippen molar-refractivity contribution in [2.75, 3.05) is 4.90 Å². The lowest BCUT2D eigenvalue weighted by molar-refractivity contribution is 0.425. The van der Waals surface area contributed by atoms with Crippen molar-refractivity contribution in [2.45, 2.75) is 38.0 Å². The smallest absolute Gasteiger partial charge is 0.0541 e. The molecule has 9 aromatic rings. The molecule has 2 unspecified atom stereocenters. The van der Waals surface area contributed by atoms with E-state index in [-0.39, 0.29) is 5.41 Å². The molecule has 56 heavy (non-hydrogen) atoms. The third-order valence-electron chi connectivity index (χ3n) is 13.4. The Labute approximate surface area is 327 Å². The average Bonchev–Trinajstić information content (AvgIpc) is 3.59. The van der Waals surface area contributed by atoms with Gasteiger partial charge in [-0.1, -0.05) is 121 Å². The molecule has 1 aromatic heterocycles. The van der Waals surface area contributed by atoms with Crippen LogP contribution < -0.4 is 4.90 Å². The highest BCUT2D eigenvalue weighted by Crippen LogP contribution is 2.66. The predicted molar refractivity (Wildman–Crippen MR) is 233 cm³/mol. The minimum atomic E-state index is -0.126. The van der Waals surface area contributed by atoms with E-state index in [1.165, 1.54) is 112 Å². The zero-order valence-corrected chi connectivity index (χ0v) is 31.6. The number of aryl methyl sites for hydroxylation is 2. The van der Waals surface area contributed by atoms with Crippen molar-refractivity contribution in [3.8, 4) is 27.9 Å². The molecule has 1 spiro atoms. The van der Waals surface area contributed by atoms with Crippen LogP contribution in [0.4, 0.5) is 17.1 Å². The third-order valence-corrected chi connectivity index (χ3v) is 13.4. The van der Waals surface area contributed by atoms with E-state index in [0.717, 1.165) is 6.42 Å². The molecule has 2 atom stereocenters. The Balaban J connectivity index is 0.967. The van der Waals surface area contributed by atoms with E-state index in [0.29, 0.717) is 5.92 Å². The fourth-order valence-electron chi connectivity index (χ4n) is 10.8. The second kappa shape index (κ2) is 11.7. The quantitative estimate of drug-likeness (QED) is 0.176. The highest BCUT2D eigenvalue weighted by atomic mass is 15.2. The fraction of sp³-hybridized carbons (Fsp3) is 0.111. The minimum absolute atomic E-state index is 0.126. The van der Waals surface area contributed by atoms with Crippen molar-refractivity contribution in [2.24, 2.45) is 0 Å². The molecule has 1 aliphatic heterocycles. The first kappa shape index (κ1) is 31.7. The molecule has 3 aliphatic carbocycles. The molecule has 0 amide bonds. The van der Waals surface area contributed by atoms with E-state index in [1.54, 1.807) is 0 Å². The van der Waals surface area contributed by atoms with Crippen LogP contribution in [0.3, 0.4) is 0 Å². The van der Waals surface area contributed by atoms with Crippen LogP contribution in [0.15, 0.2) is 176 Å². The maximum absolute atomic E-state index is 2.53. The van der Waals surface area contributed by atoms with E-state index in [4.69, 9.17) is 0 Å². The van der Waals surface area contributed by atoms with Crippen LogP contribution in [0.25, 0.3) is 49.7 Å². The maximum atomic E-state index is 2.53. The summed E-state index contributed by atoms with van der Waals surface area (Å²) in [4.78, 5) is 2.53. The third kappa shape index (κ3) is 4.27. The number of anilines is 3. The summed E-state index contributed by atoms with van der Waals surface area (Å²) >= 11 is 0. The zero-order chi connectivity index (χ0) is 37.1. The summed E-state index contributed by atoms with van der Waals surface area (Å²) < 4.78 is 2.42. The number of fused-ring (bicyclic) bond motifs is 5. The lowest BCUT2D eigenvalue weighted by Gasteiger charge is -2.55. The van der Waals surface area contributed by atoms with Crippen molar-refractivity contribution >= 4 is 38.9 Å². The molecule has 0 radical (unpaired) electrons. The molecule has 2 bridgehead atoms. The Kier molecular flexibility index (Phi) is 6.61. The molecule has 13 rings (SSSR count). The van der Waals surface area contributed by atoms with Crippen molar-refractivity contribution in [1.82, 2.24) is 4.57 Å². The zero-order valence-electron chi connectivity index (χ0n) is 31.6. The van der Waals surface area contributed by atoms with E-state index in [9.17, 15) is 0 Å². The van der Waals surface area contributed by atoms with Crippen LogP contribution in [0.5, 0.6) is 0 Å². The summed E-state index contributed by atoms with van der Waals surface area (Å²) in [7, 11) is 0. The summed E-state index contributed by atoms with van der Waals surface area (Å²) in [6.07, 6.45) is 2.34. The Morgan fingerprint density at radius 3 is 2.04 bits per heavy atom. The van der Waals surface area contributed by atoms with E-state index >= 15 is 0 Å². The Morgan fingerprint density at radius 1 is 0.464 bits per heavy atom. The first-order chi connectivity index (χ1) is 27.6. The average molecular weight is 717 g/mol. The van der Waals surface area contributed by atoms with Gasteiger partial charge in [0.15, 0.2) is 0 Å². The number of hydrogen-bond acceptors (Lipinski definition) is 1. The number of hydrogen-bond donors (Lipinski definition) is 0. The molecule has 2 heteroatoms. The molecule has 2 heterocycles. The normalized spacial score (nSPS) is 17.5. The molecular weight excluding hydrogens is 677 g/mol. The molecular formula is C54H40N2. The van der Waals surface area contributed by atoms with Gasteiger partial charge in [0.25, 0.3) is 0 Å². The van der Waals surface area contributed by atoms with E-state index < -0.39 is 0 Å². The number of rotatable bonds is 4. The van der Waals surface area contributed by atoms with Gasteiger partial charge in [0.2, 0.25) is 0 Å². The summed E-state index contributed by atoms with van der Waals surface area (Å²) in [6, 6.07) is 65.9. The van der Waals surface area contributed by atoms with Gasteiger partial charge in [-0.15, -0.1) is 0 Å². The monoisotopic (exact) mass is 716 g/mol. The standard InChI is InChI=1S/C54H40N2/c1-34-30-45-42-28-29-54(48(45)31-35(34)2)47-18-7-9-20-51(47)55(52-21-11-17-44(42)53(52)54)40-25-22-37(23-26-40)39-24-27-50-46(33-39)43-16-6-8-19-49(43)56(50)41-15-10-14-38(32-41)36-12-4-3-5-13-36/h3-27,30-33,42H,28-29H2,1-2H3. The highest BCUT2D eigenvalue weighted by Gasteiger charge is 2.54. The molecule has 0 fully saturated rings. The Hall–Kier alpha value is -6.64. The van der Waals surface area contributed by atoms with Crippen molar-refractivity contribution in [3.05, 3.63) is 215 Å². The van der Waals surface area contributed by atoms with Gasteiger partial charge in [-0.3, -0.25) is 0 Å². The van der Waals surface area contributed by atoms with Gasteiger partial charge in [0.05, 0.1) is 22.4 Å². The Bertz CT molecular complexity index is 3060. The van der Waals surface area contributed by atoms with Gasteiger partial charge in [-0.05, 0) is 142 Å². The minimum Gasteiger partial charge on any atom is -0.310 e. The number of nitrogens with zero attached hydrogens (tertiary/aromatic N) is 2. The van der Waals surface area contributed by atoms with Crippen LogP contribution in [-0.2, 0) is 5.41 Å². The fourth-order valence-corrected chi connectivity index (χ4v) is 10.8. The molecule has 4 aliphatic rings. The summed E-state index contributed by atoms with van der Waals surface area (Å²) in [6.45, 7) is 4.56. The highest BCUT2D eigenvalue weighted by molar-refractivity contribution is 6.10. The lowest BCUT2D eigenvalue weighted by Crippen LogP contribution is -2.45. The summed E-state index contributed by atoms with van der Waals surface area (Å²) in [5.41, 5.74) is 22.5. The van der Waals surface area contributed by atoms with Gasteiger partial charge in [-0.2, -0.15) is 0 Å². The predicted octanol–water partition coefficient (Wildman–Crippen LogP) is 14.1. The van der Waals surface area contributed by atoms with Gasteiger partial charge >= 0.3 is 0 Å². The molecule has 2 nitrogen and oxygen atoms in total. The second-order valence-electron chi connectivity index (χ2n) is 16.2. The second-order valence-corrected chi connectivity index (χ2v) is 16.2. The van der Waals surface area contributed by atoms with E-state index in [1.807, 2.05) is 0 Å². The number of benzene rings is 8. The first-order valence-electron chi connectivity index (χ1n) is 20.0. The molecule has 0 N–H and O–H groups in total. The SMILES string of the molecule is Cc1cc2c(cc1C)C13CCC2c2cccc(c21)N(c1ccc(-c2ccc4c(c2)c2ccccc2n4-c2cccc(-c4ccccc4)c2)cc1)c1ccccc13. The lowest BCUT2D eigenvalue weighted by atomic mass is 9.51. The van der Waals surface area contributed by atoms with Crippen LogP contribution in [0.2, 0.25) is 0 Å². The molecule has 0 saturated carbocycles. The van der Waals surface area contributed by atoms with E-state index in [2.05, 4.69) is 199 Å². The molecule has 266 valence electrons. The Morgan fingerprint density at radius 2 is 1.14 bits per heavy atom. The van der Waals surface area contributed by atoms with Crippen molar-refractivity contribution in [1.29, 1.82) is 0 Å². The van der Waals surface area contributed by atoms with Gasteiger partial charge in [0, 0.05) is 33.5 Å². The van der Waals surface area contributed by atoms with Crippen LogP contribution >= 0.6 is 0 Å². The van der Waals surface area contributed by atoms with Crippen LogP contribution in [0.1, 0.15) is 57.7 Å². The van der Waals surface area contributed by atoms with Gasteiger partial charge in [0.1, 0.15) is 0 Å². The first-order valence-corrected chi connectivity index (χ1v) is 20.0. The van der Waals surface area contributed by atoms with Gasteiger partial charge in [-0.25, -0.2) is 0 Å². The molecule has 8 aromatic carbocycles. The van der Waals surface area contributed by atoms with Crippen molar-refractivity contribution in [3.63, 3.8) is 0 Å². The summed E-state index contributed by atoms with van der Waals surface area (Å²) in [5.74, 6) is 0.448. The number of aromatic nitrogens is 1. The van der Waals surface area contributed by atoms with Gasteiger partial charge < -0.3 is 9.47 Å². The largest absolute Gasteiger partial charge is 0.310 e. The topological polar surface area (TPSA) is 8.17 Å². The van der Waals surface area contributed by atoms with Crippen LogP contribution in [-0.4, -0.2) is 4.57 Å². The molecule has 0 saturated heterocycles. The number of para-hydroxylation sites is 2.